The van der Waals surface area contributed by atoms with Gasteiger partial charge in [0.05, 0.1) is 11.2 Å². The van der Waals surface area contributed by atoms with Crippen molar-refractivity contribution in [3.63, 3.8) is 0 Å². The molecule has 31 heavy (non-hydrogen) atoms. The molecule has 2 aromatic carbocycles. The largest absolute Gasteiger partial charge is 0.301 e. The molecule has 0 atom stereocenters. The van der Waals surface area contributed by atoms with Crippen LogP contribution >= 0.6 is 36.4 Å². The average molecular weight is 481 g/mol. The molecule has 1 saturated heterocycles. The highest BCUT2D eigenvalue weighted by Gasteiger charge is 2.23. The first-order valence-corrected chi connectivity index (χ1v) is 11.2. The smallest absolute Gasteiger partial charge is 0.0727 e. The molecule has 3 nitrogen and oxygen atoms in total. The van der Waals surface area contributed by atoms with Gasteiger partial charge in [0.1, 0.15) is 0 Å². The summed E-state index contributed by atoms with van der Waals surface area (Å²) >= 11 is 6.28. The Morgan fingerprint density at radius 3 is 2.29 bits per heavy atom. The van der Waals surface area contributed by atoms with Gasteiger partial charge in [0.2, 0.25) is 0 Å². The molecule has 3 aromatic rings. The van der Waals surface area contributed by atoms with Crippen molar-refractivity contribution in [2.45, 2.75) is 39.3 Å². The zero-order valence-corrected chi connectivity index (χ0v) is 20.6. The number of hydrogen-bond acceptors (Lipinski definition) is 3. The second-order valence-electron chi connectivity index (χ2n) is 7.92. The predicted octanol–water partition coefficient (Wildman–Crippen LogP) is 6.71. The second-order valence-corrected chi connectivity index (χ2v) is 8.36. The van der Waals surface area contributed by atoms with Crippen molar-refractivity contribution < 1.29 is 0 Å². The van der Waals surface area contributed by atoms with E-state index in [-0.39, 0.29) is 24.8 Å². The highest BCUT2D eigenvalue weighted by molar-refractivity contribution is 6.31. The number of halogens is 3. The number of benzene rings is 2. The van der Waals surface area contributed by atoms with E-state index in [0.717, 1.165) is 60.6 Å². The van der Waals surface area contributed by atoms with E-state index in [1.807, 2.05) is 18.2 Å². The van der Waals surface area contributed by atoms with Crippen LogP contribution in [0.4, 0.5) is 0 Å². The summed E-state index contributed by atoms with van der Waals surface area (Å²) in [5.41, 5.74) is 4.49. The van der Waals surface area contributed by atoms with E-state index in [2.05, 4.69) is 60.0 Å². The third-order valence-corrected chi connectivity index (χ3v) is 6.44. The van der Waals surface area contributed by atoms with Gasteiger partial charge in [-0.2, -0.15) is 0 Å². The van der Waals surface area contributed by atoms with Crippen molar-refractivity contribution >= 4 is 47.3 Å². The molecule has 1 aliphatic rings. The summed E-state index contributed by atoms with van der Waals surface area (Å²) in [7, 11) is 0. The standard InChI is InChI=1S/C25H30ClN3.2ClH/c1-3-29(4-2)22-12-14-28(15-13-22)18-20-16-24(19-8-6-5-7-9-19)27-25-17-21(26)10-11-23(20)25;;/h5-11,16-17,22H,3-4,12-15,18H2,1-2H3;2*1H. The summed E-state index contributed by atoms with van der Waals surface area (Å²) in [6.45, 7) is 10.1. The molecule has 0 N–H and O–H groups in total. The van der Waals surface area contributed by atoms with Crippen LogP contribution < -0.4 is 0 Å². The lowest BCUT2D eigenvalue weighted by molar-refractivity contribution is 0.113. The molecule has 2 heterocycles. The van der Waals surface area contributed by atoms with Crippen LogP contribution in [0.1, 0.15) is 32.3 Å². The first kappa shape index (κ1) is 25.9. The highest BCUT2D eigenvalue weighted by Crippen LogP contribution is 2.28. The Kier molecular flexibility index (Phi) is 10.1. The fourth-order valence-corrected chi connectivity index (χ4v) is 4.75. The summed E-state index contributed by atoms with van der Waals surface area (Å²) in [6.07, 6.45) is 2.50. The number of hydrogen-bond donors (Lipinski definition) is 0. The van der Waals surface area contributed by atoms with Crippen LogP contribution in [0.15, 0.2) is 54.6 Å². The van der Waals surface area contributed by atoms with Crippen molar-refractivity contribution in [3.8, 4) is 11.3 Å². The van der Waals surface area contributed by atoms with Gasteiger partial charge in [0.15, 0.2) is 0 Å². The fraction of sp³-hybridized carbons (Fsp3) is 0.400. The molecule has 0 spiro atoms. The minimum atomic E-state index is 0. The zero-order valence-electron chi connectivity index (χ0n) is 18.3. The number of aromatic nitrogens is 1. The summed E-state index contributed by atoms with van der Waals surface area (Å²) < 4.78 is 0. The minimum Gasteiger partial charge on any atom is -0.301 e. The van der Waals surface area contributed by atoms with E-state index in [9.17, 15) is 0 Å². The Morgan fingerprint density at radius 2 is 1.65 bits per heavy atom. The van der Waals surface area contributed by atoms with E-state index >= 15 is 0 Å². The van der Waals surface area contributed by atoms with Crippen LogP contribution in [0, 0.1) is 0 Å². The van der Waals surface area contributed by atoms with Crippen LogP contribution in [0.5, 0.6) is 0 Å². The molecule has 0 radical (unpaired) electrons. The van der Waals surface area contributed by atoms with Gasteiger partial charge in [-0.15, -0.1) is 24.8 Å². The van der Waals surface area contributed by atoms with E-state index < -0.39 is 0 Å². The molecule has 0 bridgehead atoms. The Hall–Kier alpha value is -1.36. The molecule has 1 aromatic heterocycles. The van der Waals surface area contributed by atoms with Gasteiger partial charge >= 0.3 is 0 Å². The number of rotatable bonds is 6. The predicted molar refractivity (Wildman–Crippen MR) is 138 cm³/mol. The normalized spacial score (nSPS) is 15.0. The van der Waals surface area contributed by atoms with Crippen LogP contribution in [0.3, 0.4) is 0 Å². The quantitative estimate of drug-likeness (QED) is 0.391. The first-order chi connectivity index (χ1) is 14.2. The van der Waals surface area contributed by atoms with E-state index in [1.54, 1.807) is 0 Å². The highest BCUT2D eigenvalue weighted by atomic mass is 35.5. The molecule has 0 unspecified atom stereocenters. The van der Waals surface area contributed by atoms with Crippen molar-refractivity contribution in [1.82, 2.24) is 14.8 Å². The van der Waals surface area contributed by atoms with Crippen molar-refractivity contribution in [1.29, 1.82) is 0 Å². The minimum absolute atomic E-state index is 0. The average Bonchev–Trinajstić information content (AvgIpc) is 2.76. The Balaban J connectivity index is 0.00000171. The van der Waals surface area contributed by atoms with Crippen LogP contribution in [0.2, 0.25) is 5.02 Å². The van der Waals surface area contributed by atoms with Gasteiger partial charge in [-0.25, -0.2) is 4.98 Å². The summed E-state index contributed by atoms with van der Waals surface area (Å²) in [6, 6.07) is 19.5. The van der Waals surface area contributed by atoms with E-state index in [4.69, 9.17) is 16.6 Å². The van der Waals surface area contributed by atoms with Gasteiger partial charge in [-0.05, 0) is 62.8 Å². The SMILES string of the molecule is CCN(CC)C1CCN(Cc2cc(-c3ccccc3)nc3cc(Cl)ccc23)CC1.Cl.Cl. The van der Waals surface area contributed by atoms with Crippen LogP contribution in [0.25, 0.3) is 22.2 Å². The molecule has 1 aliphatic heterocycles. The van der Waals surface area contributed by atoms with Crippen molar-refractivity contribution in [2.75, 3.05) is 26.2 Å². The van der Waals surface area contributed by atoms with Crippen LogP contribution in [-0.2, 0) is 6.54 Å². The number of piperidine rings is 1. The Labute approximate surface area is 203 Å². The van der Waals surface area contributed by atoms with Crippen molar-refractivity contribution in [2.24, 2.45) is 0 Å². The van der Waals surface area contributed by atoms with Gasteiger partial charge in [0, 0.05) is 28.6 Å². The fourth-order valence-electron chi connectivity index (χ4n) is 4.58. The zero-order chi connectivity index (χ0) is 20.2. The molecule has 0 saturated carbocycles. The number of likely N-dealkylation sites (tertiary alicyclic amines) is 1. The molecule has 0 aliphatic carbocycles. The maximum Gasteiger partial charge on any atom is 0.0727 e. The van der Waals surface area contributed by atoms with Crippen LogP contribution in [-0.4, -0.2) is 47.0 Å². The lowest BCUT2D eigenvalue weighted by atomic mass is 10.0. The summed E-state index contributed by atoms with van der Waals surface area (Å²) in [5, 5.41) is 1.95. The molecular weight excluding hydrogens is 449 g/mol. The Morgan fingerprint density at radius 1 is 0.968 bits per heavy atom. The van der Waals surface area contributed by atoms with Gasteiger partial charge in [-0.1, -0.05) is 61.8 Å². The number of nitrogens with zero attached hydrogens (tertiary/aromatic N) is 3. The monoisotopic (exact) mass is 479 g/mol. The molecular formula is C25H32Cl3N3. The lowest BCUT2D eigenvalue weighted by Crippen LogP contribution is -2.44. The molecule has 4 rings (SSSR count). The Bertz CT molecular complexity index is 953. The number of fused-ring (bicyclic) bond motifs is 1. The third kappa shape index (κ3) is 6.12. The summed E-state index contributed by atoms with van der Waals surface area (Å²) in [5.74, 6) is 0. The van der Waals surface area contributed by atoms with Gasteiger partial charge in [0.25, 0.3) is 0 Å². The molecule has 1 fully saturated rings. The first-order valence-electron chi connectivity index (χ1n) is 10.8. The summed E-state index contributed by atoms with van der Waals surface area (Å²) in [4.78, 5) is 10.1. The van der Waals surface area contributed by atoms with Gasteiger partial charge < -0.3 is 4.90 Å². The molecule has 0 amide bonds. The molecule has 6 heteroatoms. The second kappa shape index (κ2) is 12.0. The maximum atomic E-state index is 6.28. The third-order valence-electron chi connectivity index (χ3n) is 6.21. The van der Waals surface area contributed by atoms with E-state index in [0.29, 0.717) is 0 Å². The van der Waals surface area contributed by atoms with Gasteiger partial charge in [-0.3, -0.25) is 4.90 Å². The number of pyridine rings is 1. The van der Waals surface area contributed by atoms with E-state index in [1.165, 1.54) is 23.8 Å². The molecule has 168 valence electrons. The lowest BCUT2D eigenvalue weighted by Gasteiger charge is -2.37. The topological polar surface area (TPSA) is 19.4 Å². The maximum absolute atomic E-state index is 6.28. The van der Waals surface area contributed by atoms with Crippen molar-refractivity contribution in [3.05, 3.63) is 65.2 Å².